The molecule has 4 heteroatoms. The van der Waals surface area contributed by atoms with Crippen molar-refractivity contribution in [3.8, 4) is 0 Å². The normalized spacial score (nSPS) is 38.1. The first-order valence-corrected chi connectivity index (χ1v) is 11.9. The molecule has 0 radical (unpaired) electrons. The minimum absolute atomic E-state index is 0.111. The number of thiazole rings is 1. The summed E-state index contributed by atoms with van der Waals surface area (Å²) in [6, 6.07) is 9.43. The lowest BCUT2D eigenvalue weighted by molar-refractivity contribution is -0.0617. The van der Waals surface area contributed by atoms with Gasteiger partial charge in [0.25, 0.3) is 0 Å². The van der Waals surface area contributed by atoms with Crippen molar-refractivity contribution in [2.45, 2.75) is 57.5 Å². The molecule has 0 saturated heterocycles. The molecule has 0 N–H and O–H groups in total. The maximum absolute atomic E-state index is 5.35. The highest BCUT2D eigenvalue weighted by atomic mass is 32.1. The van der Waals surface area contributed by atoms with E-state index in [1.54, 1.807) is 11.3 Å². The van der Waals surface area contributed by atoms with Gasteiger partial charge in [-0.3, -0.25) is 4.40 Å². The maximum Gasteiger partial charge on any atom is 0.194 e. The van der Waals surface area contributed by atoms with Crippen molar-refractivity contribution >= 4 is 22.0 Å². The van der Waals surface area contributed by atoms with Crippen molar-refractivity contribution in [3.05, 3.63) is 52.8 Å². The van der Waals surface area contributed by atoms with E-state index in [1.807, 2.05) is 0 Å². The van der Waals surface area contributed by atoms with Crippen LogP contribution in [-0.4, -0.2) is 9.38 Å². The Kier molecular flexibility index (Phi) is 2.98. The van der Waals surface area contributed by atoms with Crippen LogP contribution in [0.3, 0.4) is 0 Å². The highest BCUT2D eigenvalue weighted by molar-refractivity contribution is 7.15. The zero-order chi connectivity index (χ0) is 18.6. The van der Waals surface area contributed by atoms with Gasteiger partial charge in [0.05, 0.1) is 23.0 Å². The fraction of sp³-hybridized carbons (Fsp3) is 0.542. The molecule has 0 amide bonds. The monoisotopic (exact) mass is 389 g/mol. The van der Waals surface area contributed by atoms with Gasteiger partial charge in [0.2, 0.25) is 0 Å². The first kappa shape index (κ1) is 16.0. The molecule has 8 rings (SSSR count). The minimum atomic E-state index is 0.111. The number of hydrogen-bond acceptors (Lipinski definition) is 3. The van der Waals surface area contributed by atoms with E-state index in [1.165, 1.54) is 59.7 Å². The molecule has 1 unspecified atom stereocenters. The molecule has 4 bridgehead atoms. The molecule has 3 nitrogen and oxygen atoms in total. The van der Waals surface area contributed by atoms with Crippen LogP contribution in [-0.2, 0) is 5.54 Å². The van der Waals surface area contributed by atoms with Gasteiger partial charge in [-0.05, 0) is 81.3 Å². The van der Waals surface area contributed by atoms with Gasteiger partial charge in [0.15, 0.2) is 4.96 Å². The highest BCUT2D eigenvalue weighted by Gasteiger charge is 2.66. The van der Waals surface area contributed by atoms with Crippen molar-refractivity contribution in [2.24, 2.45) is 23.7 Å². The van der Waals surface area contributed by atoms with Crippen LogP contribution >= 0.6 is 11.3 Å². The predicted molar refractivity (Wildman–Crippen MR) is 114 cm³/mol. The zero-order valence-electron chi connectivity index (χ0n) is 16.6. The molecule has 4 aliphatic carbocycles. The van der Waals surface area contributed by atoms with E-state index in [4.69, 9.17) is 4.98 Å². The smallest absolute Gasteiger partial charge is 0.194 e. The van der Waals surface area contributed by atoms with E-state index in [-0.39, 0.29) is 5.54 Å². The van der Waals surface area contributed by atoms with E-state index in [9.17, 15) is 0 Å². The molecular weight excluding hydrogens is 362 g/mol. The Morgan fingerprint density at radius 1 is 1.04 bits per heavy atom. The summed E-state index contributed by atoms with van der Waals surface area (Å²) in [5.74, 6) is 3.46. The summed E-state index contributed by atoms with van der Waals surface area (Å²) < 4.78 is 2.40. The zero-order valence-corrected chi connectivity index (χ0v) is 17.5. The largest absolute Gasteiger partial charge is 0.351 e. The van der Waals surface area contributed by atoms with Crippen LogP contribution in [0.5, 0.6) is 0 Å². The molecule has 1 aliphatic heterocycles. The number of aromatic nitrogens is 2. The molecule has 1 atom stereocenters. The second-order valence-corrected chi connectivity index (χ2v) is 10.7. The summed E-state index contributed by atoms with van der Waals surface area (Å²) >= 11 is 1.79. The third-order valence-electron chi connectivity index (χ3n) is 8.62. The third-order valence-corrected chi connectivity index (χ3v) is 9.37. The summed E-state index contributed by atoms with van der Waals surface area (Å²) in [7, 11) is 0. The van der Waals surface area contributed by atoms with E-state index < -0.39 is 0 Å². The maximum atomic E-state index is 5.35. The van der Waals surface area contributed by atoms with Crippen LogP contribution in [0.15, 0.2) is 35.8 Å². The minimum Gasteiger partial charge on any atom is -0.351 e. The molecule has 4 fully saturated rings. The van der Waals surface area contributed by atoms with Crippen LogP contribution in [0.4, 0.5) is 5.69 Å². The van der Waals surface area contributed by atoms with E-state index in [2.05, 4.69) is 59.0 Å². The van der Waals surface area contributed by atoms with Gasteiger partial charge in [-0.2, -0.15) is 0 Å². The molecule has 4 saturated carbocycles. The number of fused-ring (bicyclic) bond motifs is 3. The number of para-hydroxylation sites is 1. The Hall–Kier alpha value is -1.81. The number of benzene rings is 1. The summed E-state index contributed by atoms with van der Waals surface area (Å²) in [5, 5.41) is 2.19. The summed E-state index contributed by atoms with van der Waals surface area (Å²) in [5.41, 5.74) is 5.85. The van der Waals surface area contributed by atoms with Crippen LogP contribution < -0.4 is 4.90 Å². The van der Waals surface area contributed by atoms with Crippen LogP contribution in [0, 0.1) is 30.6 Å². The fourth-order valence-electron chi connectivity index (χ4n) is 7.98. The average molecular weight is 390 g/mol. The Labute approximate surface area is 170 Å². The molecule has 144 valence electrons. The lowest BCUT2D eigenvalue weighted by Crippen LogP contribution is -2.62. The Balaban J connectivity index is 1.54. The molecular formula is C24H27N3S. The molecule has 3 heterocycles. The number of nitrogens with zero attached hydrogens (tertiary/aromatic N) is 3. The molecule has 1 aromatic carbocycles. The van der Waals surface area contributed by atoms with Crippen LogP contribution in [0.25, 0.3) is 4.96 Å². The van der Waals surface area contributed by atoms with Crippen LogP contribution in [0.1, 0.15) is 62.0 Å². The Morgan fingerprint density at radius 2 is 1.75 bits per heavy atom. The second kappa shape index (κ2) is 5.21. The molecule has 1 spiro atoms. The van der Waals surface area contributed by atoms with Gasteiger partial charge in [0.1, 0.15) is 0 Å². The molecule has 5 aliphatic rings. The molecule has 28 heavy (non-hydrogen) atoms. The van der Waals surface area contributed by atoms with Crippen molar-refractivity contribution in [3.63, 3.8) is 0 Å². The van der Waals surface area contributed by atoms with Crippen LogP contribution in [0.2, 0.25) is 0 Å². The van der Waals surface area contributed by atoms with E-state index in [0.717, 1.165) is 23.7 Å². The van der Waals surface area contributed by atoms with Gasteiger partial charge < -0.3 is 4.90 Å². The summed E-state index contributed by atoms with van der Waals surface area (Å²) in [6.45, 7) is 4.71. The number of rotatable bonds is 1. The Bertz CT molecular complexity index is 1060. The van der Waals surface area contributed by atoms with Crippen molar-refractivity contribution in [1.29, 1.82) is 0 Å². The highest BCUT2D eigenvalue weighted by Crippen LogP contribution is 2.68. The second-order valence-electron chi connectivity index (χ2n) is 9.86. The van der Waals surface area contributed by atoms with Crippen molar-refractivity contribution in [2.75, 3.05) is 4.90 Å². The topological polar surface area (TPSA) is 20.5 Å². The SMILES string of the molecule is Cc1ccccc1N1C(C)c2c(nc3sccn23)C12C1CC3CC(C1)CC2C3. The molecule has 3 aromatic rings. The van der Waals surface area contributed by atoms with Gasteiger partial charge in [-0.1, -0.05) is 18.2 Å². The standard InChI is InChI=1S/C24H27N3S/c1-14-5-3-4-6-20(14)27-15(2)21-22(25-23-26(21)7-8-28-23)24(27)18-10-16-9-17(12-18)13-19(24)11-16/h3-8,15-19H,9-13H2,1-2H3. The first-order valence-electron chi connectivity index (χ1n) is 11.0. The van der Waals surface area contributed by atoms with Gasteiger partial charge >= 0.3 is 0 Å². The quantitative estimate of drug-likeness (QED) is 0.514. The summed E-state index contributed by atoms with van der Waals surface area (Å²) in [6.07, 6.45) is 9.38. The van der Waals surface area contributed by atoms with Crippen molar-refractivity contribution in [1.82, 2.24) is 9.38 Å². The third kappa shape index (κ3) is 1.71. The Morgan fingerprint density at radius 3 is 2.46 bits per heavy atom. The number of anilines is 1. The van der Waals surface area contributed by atoms with E-state index in [0.29, 0.717) is 6.04 Å². The predicted octanol–water partition coefficient (Wildman–Crippen LogP) is 5.94. The van der Waals surface area contributed by atoms with Gasteiger partial charge in [-0.25, -0.2) is 4.98 Å². The van der Waals surface area contributed by atoms with Gasteiger partial charge in [0, 0.05) is 17.3 Å². The van der Waals surface area contributed by atoms with Gasteiger partial charge in [-0.15, -0.1) is 11.3 Å². The lowest BCUT2D eigenvalue weighted by Gasteiger charge is -2.63. The number of hydrogen-bond donors (Lipinski definition) is 0. The first-order chi connectivity index (χ1) is 13.7. The van der Waals surface area contributed by atoms with Crippen molar-refractivity contribution < 1.29 is 0 Å². The fourth-order valence-corrected chi connectivity index (χ4v) is 8.70. The lowest BCUT2D eigenvalue weighted by atomic mass is 9.47. The summed E-state index contributed by atoms with van der Waals surface area (Å²) in [4.78, 5) is 9.38. The molecule has 2 aromatic heterocycles. The number of aryl methyl sites for hydroxylation is 1. The number of imidazole rings is 1. The van der Waals surface area contributed by atoms with E-state index >= 15 is 0 Å². The average Bonchev–Trinajstić information content (AvgIpc) is 3.31.